The fraction of sp³-hybridized carbons (Fsp3) is 0.133. The van der Waals surface area contributed by atoms with E-state index in [4.69, 9.17) is 9.84 Å². The Bertz CT molecular complexity index is 726. The smallest absolute Gasteiger partial charge is 0.446 e. The highest BCUT2D eigenvalue weighted by Gasteiger charge is 2.29. The summed E-state index contributed by atoms with van der Waals surface area (Å²) in [6.45, 7) is 0.176. The lowest BCUT2D eigenvalue weighted by Gasteiger charge is -2.12. The Morgan fingerprint density at radius 1 is 1.12 bits per heavy atom. The zero-order valence-electron chi connectivity index (χ0n) is 11.7. The summed E-state index contributed by atoms with van der Waals surface area (Å²) in [7, 11) is 0. The average Bonchev–Trinajstić information content (AvgIpc) is 2.46. The first-order valence-corrected chi connectivity index (χ1v) is 9.33. The Morgan fingerprint density at radius 2 is 1.67 bits per heavy atom. The second-order valence-electron chi connectivity index (χ2n) is 4.55. The molecule has 3 nitrogen and oxygen atoms in total. The van der Waals surface area contributed by atoms with Crippen molar-refractivity contribution in [1.29, 1.82) is 0 Å². The molecule has 0 heterocycles. The molecule has 2 aromatic rings. The van der Waals surface area contributed by atoms with Gasteiger partial charge in [0.15, 0.2) is 0 Å². The highest BCUT2D eigenvalue weighted by Crippen LogP contribution is 2.37. The molecular weight excluding hydrogens is 571 g/mol. The van der Waals surface area contributed by atoms with E-state index in [2.05, 4.69) is 0 Å². The van der Waals surface area contributed by atoms with Crippen molar-refractivity contribution in [3.8, 4) is 5.75 Å². The third-order valence-corrected chi connectivity index (χ3v) is 5.13. The number of benzene rings is 2. The Labute approximate surface area is 167 Å². The van der Waals surface area contributed by atoms with Crippen LogP contribution in [0.1, 0.15) is 15.9 Å². The second kappa shape index (κ2) is 8.13. The van der Waals surface area contributed by atoms with Gasteiger partial charge in [-0.1, -0.05) is 12.1 Å². The molecule has 0 spiro atoms. The summed E-state index contributed by atoms with van der Waals surface area (Å²) in [5.74, 6) is -0.468. The minimum atomic E-state index is -4.31. The van der Waals surface area contributed by atoms with Crippen LogP contribution in [0, 0.1) is 7.14 Å². The molecular formula is C15H9F3I2O3S. The van der Waals surface area contributed by atoms with Crippen LogP contribution in [0.15, 0.2) is 41.3 Å². The minimum absolute atomic E-state index is 0.112. The van der Waals surface area contributed by atoms with Gasteiger partial charge in [-0.05, 0) is 86.8 Å². The van der Waals surface area contributed by atoms with Gasteiger partial charge in [0.2, 0.25) is 0 Å². The Kier molecular flexibility index (Phi) is 6.65. The van der Waals surface area contributed by atoms with Crippen LogP contribution < -0.4 is 4.74 Å². The quantitative estimate of drug-likeness (QED) is 0.360. The van der Waals surface area contributed by atoms with E-state index in [0.717, 1.165) is 5.56 Å². The molecule has 0 saturated heterocycles. The Balaban J connectivity index is 2.07. The predicted octanol–water partition coefficient (Wildman–Crippen LogP) is 5.78. The van der Waals surface area contributed by atoms with Crippen molar-refractivity contribution in [1.82, 2.24) is 0 Å². The highest BCUT2D eigenvalue weighted by atomic mass is 127. The normalized spacial score (nSPS) is 11.4. The van der Waals surface area contributed by atoms with Gasteiger partial charge >= 0.3 is 11.5 Å². The van der Waals surface area contributed by atoms with Gasteiger partial charge < -0.3 is 9.84 Å². The number of hydrogen-bond donors (Lipinski definition) is 1. The summed E-state index contributed by atoms with van der Waals surface area (Å²) in [5.41, 5.74) is -3.42. The van der Waals surface area contributed by atoms with E-state index in [0.29, 0.717) is 12.9 Å². The molecule has 0 aliphatic rings. The van der Waals surface area contributed by atoms with E-state index in [1.54, 1.807) is 12.1 Å². The van der Waals surface area contributed by atoms with Gasteiger partial charge in [-0.3, -0.25) is 0 Å². The van der Waals surface area contributed by atoms with Crippen LogP contribution in [0.25, 0.3) is 0 Å². The van der Waals surface area contributed by atoms with Crippen LogP contribution in [0.2, 0.25) is 0 Å². The SMILES string of the molecule is O=C(O)c1cc(I)c(OCc2ccc(SC(F)(F)F)cc2)c(I)c1. The summed E-state index contributed by atoms with van der Waals surface area (Å²) >= 11 is 3.81. The molecule has 2 rings (SSSR count). The first-order valence-electron chi connectivity index (χ1n) is 6.35. The number of ether oxygens (including phenoxy) is 1. The number of thioether (sulfide) groups is 1. The van der Waals surface area contributed by atoms with Gasteiger partial charge in [0.1, 0.15) is 12.4 Å². The molecule has 0 unspecified atom stereocenters. The highest BCUT2D eigenvalue weighted by molar-refractivity contribution is 14.1. The minimum Gasteiger partial charge on any atom is -0.487 e. The van der Waals surface area contributed by atoms with Gasteiger partial charge in [0.25, 0.3) is 0 Å². The lowest BCUT2D eigenvalue weighted by atomic mass is 10.2. The molecule has 24 heavy (non-hydrogen) atoms. The first kappa shape index (κ1) is 19.6. The topological polar surface area (TPSA) is 46.5 Å². The van der Waals surface area contributed by atoms with E-state index < -0.39 is 11.5 Å². The number of carbonyl (C=O) groups is 1. The molecule has 1 N–H and O–H groups in total. The Morgan fingerprint density at radius 3 is 2.12 bits per heavy atom. The van der Waals surface area contributed by atoms with Crippen molar-refractivity contribution in [3.05, 3.63) is 54.7 Å². The maximum Gasteiger partial charge on any atom is 0.446 e. The van der Waals surface area contributed by atoms with Crippen LogP contribution in [-0.2, 0) is 6.61 Å². The lowest BCUT2D eigenvalue weighted by Crippen LogP contribution is -2.03. The zero-order chi connectivity index (χ0) is 17.9. The van der Waals surface area contributed by atoms with Gasteiger partial charge in [-0.25, -0.2) is 4.79 Å². The van der Waals surface area contributed by atoms with Crippen molar-refractivity contribution < 1.29 is 27.8 Å². The van der Waals surface area contributed by atoms with E-state index >= 15 is 0 Å². The number of carboxylic acid groups (broad SMARTS) is 1. The molecule has 2 aromatic carbocycles. The number of aromatic carboxylic acids is 1. The molecule has 0 saturated carbocycles. The molecule has 0 atom stereocenters. The average molecular weight is 580 g/mol. The summed E-state index contributed by atoms with van der Waals surface area (Å²) in [5, 5.41) is 9.01. The third-order valence-electron chi connectivity index (χ3n) is 2.79. The van der Waals surface area contributed by atoms with Crippen molar-refractivity contribution in [3.63, 3.8) is 0 Å². The molecule has 0 aliphatic heterocycles. The van der Waals surface area contributed by atoms with Crippen molar-refractivity contribution in [2.24, 2.45) is 0 Å². The van der Waals surface area contributed by atoms with E-state index in [1.165, 1.54) is 24.3 Å². The van der Waals surface area contributed by atoms with Gasteiger partial charge in [-0.2, -0.15) is 13.2 Å². The third kappa shape index (κ3) is 5.69. The maximum absolute atomic E-state index is 12.3. The van der Waals surface area contributed by atoms with Crippen molar-refractivity contribution >= 4 is 62.9 Å². The molecule has 0 amide bonds. The number of hydrogen-bond acceptors (Lipinski definition) is 3. The fourth-order valence-electron chi connectivity index (χ4n) is 1.76. The molecule has 0 aliphatic carbocycles. The second-order valence-corrected chi connectivity index (χ2v) is 8.02. The van der Waals surface area contributed by atoms with Crippen LogP contribution in [0.3, 0.4) is 0 Å². The molecule has 0 radical (unpaired) electrons. The number of rotatable bonds is 5. The van der Waals surface area contributed by atoms with Crippen LogP contribution >= 0.6 is 56.9 Å². The number of alkyl halides is 3. The maximum atomic E-state index is 12.3. The standard InChI is InChI=1S/C15H9F3I2O3S/c16-15(17,18)24-10-3-1-8(2-4-10)7-23-13-11(19)5-9(14(21)22)6-12(13)20/h1-6H,7H2,(H,21,22). The molecule has 0 bridgehead atoms. The van der Waals surface area contributed by atoms with E-state index in [9.17, 15) is 18.0 Å². The number of carboxylic acids is 1. The molecule has 0 fully saturated rings. The van der Waals surface area contributed by atoms with E-state index in [-0.39, 0.29) is 28.8 Å². The van der Waals surface area contributed by atoms with Crippen LogP contribution in [0.5, 0.6) is 5.75 Å². The van der Waals surface area contributed by atoms with Crippen molar-refractivity contribution in [2.45, 2.75) is 17.0 Å². The largest absolute Gasteiger partial charge is 0.487 e. The number of halogens is 5. The first-order chi connectivity index (χ1) is 11.2. The van der Waals surface area contributed by atoms with Crippen LogP contribution in [0.4, 0.5) is 13.2 Å². The summed E-state index contributed by atoms with van der Waals surface area (Å²) in [4.78, 5) is 11.1. The summed E-state index contributed by atoms with van der Waals surface area (Å²) in [6, 6.07) is 8.92. The molecule has 128 valence electrons. The Hall–Kier alpha value is -0.690. The summed E-state index contributed by atoms with van der Waals surface area (Å²) in [6.07, 6.45) is 0. The summed E-state index contributed by atoms with van der Waals surface area (Å²) < 4.78 is 43.9. The zero-order valence-corrected chi connectivity index (χ0v) is 16.9. The lowest BCUT2D eigenvalue weighted by molar-refractivity contribution is -0.0328. The molecule has 0 aromatic heterocycles. The van der Waals surface area contributed by atoms with Gasteiger partial charge in [0, 0.05) is 4.90 Å². The van der Waals surface area contributed by atoms with Crippen molar-refractivity contribution in [2.75, 3.05) is 0 Å². The molecule has 9 heteroatoms. The van der Waals surface area contributed by atoms with Gasteiger partial charge in [-0.15, -0.1) is 0 Å². The monoisotopic (exact) mass is 580 g/mol. The van der Waals surface area contributed by atoms with E-state index in [1.807, 2.05) is 45.2 Å². The van der Waals surface area contributed by atoms with Gasteiger partial charge in [0.05, 0.1) is 12.7 Å². The fourth-order valence-corrected chi connectivity index (χ4v) is 4.38. The predicted molar refractivity (Wildman–Crippen MR) is 102 cm³/mol. The van der Waals surface area contributed by atoms with Crippen LogP contribution in [-0.4, -0.2) is 16.6 Å².